The van der Waals surface area contributed by atoms with E-state index >= 15 is 0 Å². The fraction of sp³-hybridized carbons (Fsp3) is 0.516. The first-order chi connectivity index (χ1) is 16.1. The van der Waals surface area contributed by atoms with Gasteiger partial charge in [-0.1, -0.05) is 113 Å². The zero-order valence-electron chi connectivity index (χ0n) is 22.2. The number of rotatable bonds is 9. The highest BCUT2D eigenvalue weighted by molar-refractivity contribution is 6.99. The zero-order valence-corrected chi connectivity index (χ0v) is 23.2. The smallest absolute Gasteiger partial charge is 0.261 e. The van der Waals surface area contributed by atoms with Gasteiger partial charge in [0, 0.05) is 17.9 Å². The van der Waals surface area contributed by atoms with Gasteiger partial charge in [0.05, 0.1) is 0 Å². The van der Waals surface area contributed by atoms with Gasteiger partial charge in [-0.2, -0.15) is 0 Å². The van der Waals surface area contributed by atoms with Crippen molar-refractivity contribution in [3.63, 3.8) is 0 Å². The van der Waals surface area contributed by atoms with Crippen LogP contribution in [-0.4, -0.2) is 20.7 Å². The van der Waals surface area contributed by atoms with Crippen molar-refractivity contribution in [2.75, 3.05) is 6.61 Å². The van der Waals surface area contributed by atoms with E-state index in [1.165, 1.54) is 22.4 Å². The van der Waals surface area contributed by atoms with Crippen molar-refractivity contribution in [3.8, 4) is 0 Å². The van der Waals surface area contributed by atoms with Gasteiger partial charge in [-0.3, -0.25) is 4.79 Å². The Kier molecular flexibility index (Phi) is 8.75. The van der Waals surface area contributed by atoms with Gasteiger partial charge < -0.3 is 4.43 Å². The second kappa shape index (κ2) is 11.2. The molecule has 0 aliphatic heterocycles. The molecule has 0 saturated heterocycles. The molecule has 3 heteroatoms. The van der Waals surface area contributed by atoms with Gasteiger partial charge in [0.25, 0.3) is 8.32 Å². The number of hydrogen-bond donors (Lipinski definition) is 0. The van der Waals surface area contributed by atoms with Crippen LogP contribution >= 0.6 is 0 Å². The molecule has 1 fully saturated rings. The summed E-state index contributed by atoms with van der Waals surface area (Å²) in [6.45, 7) is 14.2. The lowest BCUT2D eigenvalue weighted by Gasteiger charge is -2.43. The van der Waals surface area contributed by atoms with Crippen LogP contribution in [0.5, 0.6) is 0 Å². The molecule has 1 saturated carbocycles. The van der Waals surface area contributed by atoms with Gasteiger partial charge in [-0.25, -0.2) is 0 Å². The molecule has 1 aliphatic rings. The molecule has 0 unspecified atom stereocenters. The standard InChI is InChI=1S/C31H44O2Si/c1-25(21-23-31(6)22-13-16-26(2)29(31)32)15-14-24-33-34(30(3,4)5,27-17-9-7-10-18-27)28-19-11-8-12-20-28/h7-12,17-21,26H,13-16,22-24H2,1-6H3/b25-21+/t26-,31-/m1/s1. The Morgan fingerprint density at radius 1 is 1.06 bits per heavy atom. The lowest BCUT2D eigenvalue weighted by Crippen LogP contribution is -2.66. The molecular weight excluding hydrogens is 432 g/mol. The van der Waals surface area contributed by atoms with Crippen LogP contribution in [0.2, 0.25) is 5.04 Å². The van der Waals surface area contributed by atoms with Gasteiger partial charge in [0.2, 0.25) is 0 Å². The molecule has 1 aliphatic carbocycles. The van der Waals surface area contributed by atoms with E-state index in [-0.39, 0.29) is 16.4 Å². The number of hydrogen-bond acceptors (Lipinski definition) is 2. The SMILES string of the molecule is C/C(=C\C[C@@]1(C)CCC[C@@H](C)C1=O)CCCO[Si](c1ccccc1)(c1ccccc1)C(C)(C)C. The molecule has 0 amide bonds. The number of Topliss-reactive ketones (excluding diaryl/α,β-unsaturated/α-hetero) is 1. The minimum absolute atomic E-state index is 0.00716. The molecule has 0 aromatic heterocycles. The number of benzene rings is 2. The van der Waals surface area contributed by atoms with Crippen molar-refractivity contribution in [2.24, 2.45) is 11.3 Å². The average Bonchev–Trinajstić information content (AvgIpc) is 2.82. The summed E-state index contributed by atoms with van der Waals surface area (Å²) in [4.78, 5) is 12.7. The third kappa shape index (κ3) is 5.80. The van der Waals surface area contributed by atoms with Gasteiger partial charge in [0.15, 0.2) is 0 Å². The average molecular weight is 477 g/mol. The molecule has 0 heterocycles. The number of ketones is 1. The van der Waals surface area contributed by atoms with E-state index in [4.69, 9.17) is 4.43 Å². The lowest BCUT2D eigenvalue weighted by atomic mass is 9.68. The minimum Gasteiger partial charge on any atom is -0.407 e. The second-order valence-electron chi connectivity index (χ2n) is 11.6. The summed E-state index contributed by atoms with van der Waals surface area (Å²) in [7, 11) is -2.46. The fourth-order valence-electron chi connectivity index (χ4n) is 5.69. The van der Waals surface area contributed by atoms with Gasteiger partial charge in [-0.15, -0.1) is 0 Å². The Morgan fingerprint density at radius 2 is 1.62 bits per heavy atom. The molecule has 2 nitrogen and oxygen atoms in total. The second-order valence-corrected chi connectivity index (χ2v) is 15.9. The van der Waals surface area contributed by atoms with Crippen molar-refractivity contribution in [2.45, 2.75) is 85.1 Å². The maximum Gasteiger partial charge on any atom is 0.261 e. The van der Waals surface area contributed by atoms with Gasteiger partial charge >= 0.3 is 0 Å². The first-order valence-electron chi connectivity index (χ1n) is 13.1. The molecule has 0 spiro atoms. The van der Waals surface area contributed by atoms with Crippen LogP contribution < -0.4 is 10.4 Å². The van der Waals surface area contributed by atoms with Crippen molar-refractivity contribution >= 4 is 24.5 Å². The van der Waals surface area contributed by atoms with Crippen LogP contribution in [0.15, 0.2) is 72.3 Å². The van der Waals surface area contributed by atoms with Gasteiger partial charge in [0.1, 0.15) is 5.78 Å². The topological polar surface area (TPSA) is 26.3 Å². The van der Waals surface area contributed by atoms with Gasteiger partial charge in [-0.05, 0) is 54.4 Å². The first kappa shape index (κ1) is 26.6. The third-order valence-corrected chi connectivity index (χ3v) is 12.8. The summed E-state index contributed by atoms with van der Waals surface area (Å²) in [5.74, 6) is 0.671. The van der Waals surface area contributed by atoms with Crippen LogP contribution in [0.25, 0.3) is 0 Å². The molecule has 34 heavy (non-hydrogen) atoms. The maximum absolute atomic E-state index is 12.7. The molecule has 2 aromatic carbocycles. The van der Waals surface area contributed by atoms with Crippen molar-refractivity contribution < 1.29 is 9.22 Å². The summed E-state index contributed by atoms with van der Waals surface area (Å²) in [6.07, 6.45) is 8.44. The molecule has 2 atom stereocenters. The normalized spacial score (nSPS) is 22.1. The fourth-order valence-corrected chi connectivity index (χ4v) is 10.3. The van der Waals surface area contributed by atoms with E-state index in [1.807, 2.05) is 0 Å². The predicted octanol–water partition coefficient (Wildman–Crippen LogP) is 7.08. The Morgan fingerprint density at radius 3 is 2.15 bits per heavy atom. The van der Waals surface area contributed by atoms with Crippen LogP contribution in [0.4, 0.5) is 0 Å². The lowest BCUT2D eigenvalue weighted by molar-refractivity contribution is -0.134. The Hall–Kier alpha value is -1.97. The van der Waals surface area contributed by atoms with Crippen LogP contribution in [0.1, 0.15) is 80.1 Å². The molecular formula is C31H44O2Si. The van der Waals surface area contributed by atoms with Crippen molar-refractivity contribution in [3.05, 3.63) is 72.3 Å². The summed E-state index contributed by atoms with van der Waals surface area (Å²) in [5, 5.41) is 2.67. The van der Waals surface area contributed by atoms with E-state index in [9.17, 15) is 4.79 Å². The Balaban J connectivity index is 1.71. The van der Waals surface area contributed by atoms with Crippen molar-refractivity contribution in [1.29, 1.82) is 0 Å². The Bertz CT molecular complexity index is 918. The van der Waals surface area contributed by atoms with Crippen molar-refractivity contribution in [1.82, 2.24) is 0 Å². The summed E-state index contributed by atoms with van der Waals surface area (Å²) < 4.78 is 7.02. The molecule has 184 valence electrons. The number of allylic oxidation sites excluding steroid dienone is 2. The quantitative estimate of drug-likeness (QED) is 0.220. The van der Waals surface area contributed by atoms with E-state index in [0.29, 0.717) is 5.78 Å². The highest BCUT2D eigenvalue weighted by Gasteiger charge is 2.49. The molecule has 0 radical (unpaired) electrons. The molecule has 0 bridgehead atoms. The highest BCUT2D eigenvalue weighted by Crippen LogP contribution is 2.39. The van der Waals surface area contributed by atoms with E-state index in [0.717, 1.165) is 38.7 Å². The third-order valence-electron chi connectivity index (χ3n) is 7.76. The zero-order chi connectivity index (χ0) is 24.8. The maximum atomic E-state index is 12.7. The molecule has 2 aromatic rings. The molecule has 0 N–H and O–H groups in total. The number of carbonyl (C=O) groups is 1. The van der Waals surface area contributed by atoms with Crippen LogP contribution in [0, 0.1) is 11.3 Å². The summed E-state index contributed by atoms with van der Waals surface area (Å²) in [6, 6.07) is 21.7. The largest absolute Gasteiger partial charge is 0.407 e. The highest BCUT2D eigenvalue weighted by atomic mass is 28.4. The first-order valence-corrected chi connectivity index (χ1v) is 15.0. The summed E-state index contributed by atoms with van der Waals surface area (Å²) in [5.41, 5.74) is 1.20. The van der Waals surface area contributed by atoms with E-state index in [1.54, 1.807) is 0 Å². The van der Waals surface area contributed by atoms with E-state index < -0.39 is 8.32 Å². The number of carbonyl (C=O) groups excluding carboxylic acids is 1. The minimum atomic E-state index is -2.46. The van der Waals surface area contributed by atoms with Crippen LogP contribution in [0.3, 0.4) is 0 Å². The van der Waals surface area contributed by atoms with Crippen LogP contribution in [-0.2, 0) is 9.22 Å². The summed E-state index contributed by atoms with van der Waals surface area (Å²) >= 11 is 0. The molecule has 3 rings (SSSR count). The monoisotopic (exact) mass is 476 g/mol. The predicted molar refractivity (Wildman–Crippen MR) is 147 cm³/mol. The van der Waals surface area contributed by atoms with E-state index in [2.05, 4.69) is 108 Å². The Labute approximate surface area is 209 Å².